The summed E-state index contributed by atoms with van der Waals surface area (Å²) in [6.07, 6.45) is 1.90. The highest BCUT2D eigenvalue weighted by Crippen LogP contribution is 2.16. The van der Waals surface area contributed by atoms with Gasteiger partial charge in [-0.05, 0) is 12.1 Å². The SMILES string of the molecule is COC(=O)C(C=O)c1cc(Cl)ccn1. The number of hydrogen-bond donors (Lipinski definition) is 0. The zero-order valence-electron chi connectivity index (χ0n) is 7.44. The monoisotopic (exact) mass is 213 g/mol. The summed E-state index contributed by atoms with van der Waals surface area (Å²) in [6, 6.07) is 3.02. The van der Waals surface area contributed by atoms with Crippen LogP contribution in [0.15, 0.2) is 18.3 Å². The molecule has 74 valence electrons. The van der Waals surface area contributed by atoms with E-state index in [9.17, 15) is 9.59 Å². The van der Waals surface area contributed by atoms with E-state index >= 15 is 0 Å². The molecule has 0 N–H and O–H groups in total. The maximum Gasteiger partial charge on any atom is 0.322 e. The number of hydrogen-bond acceptors (Lipinski definition) is 4. The van der Waals surface area contributed by atoms with Crippen molar-refractivity contribution in [2.45, 2.75) is 5.92 Å². The molecule has 1 unspecified atom stereocenters. The van der Waals surface area contributed by atoms with E-state index in [-0.39, 0.29) is 0 Å². The topological polar surface area (TPSA) is 56.3 Å². The Kier molecular flexibility index (Phi) is 3.59. The number of ether oxygens (including phenoxy) is 1. The molecule has 1 rings (SSSR count). The number of methoxy groups -OCH3 is 1. The zero-order chi connectivity index (χ0) is 10.6. The van der Waals surface area contributed by atoms with E-state index in [0.29, 0.717) is 17.0 Å². The Morgan fingerprint density at radius 3 is 2.93 bits per heavy atom. The number of esters is 1. The number of aldehydes is 1. The first-order chi connectivity index (χ1) is 6.69. The van der Waals surface area contributed by atoms with Gasteiger partial charge in [-0.25, -0.2) is 0 Å². The summed E-state index contributed by atoms with van der Waals surface area (Å²) < 4.78 is 4.44. The highest BCUT2D eigenvalue weighted by molar-refractivity contribution is 6.30. The van der Waals surface area contributed by atoms with E-state index in [1.165, 1.54) is 19.4 Å². The second-order valence-electron chi connectivity index (χ2n) is 2.54. The van der Waals surface area contributed by atoms with E-state index in [1.54, 1.807) is 6.07 Å². The van der Waals surface area contributed by atoms with Crippen LogP contribution in [-0.4, -0.2) is 24.3 Å². The van der Waals surface area contributed by atoms with Gasteiger partial charge in [0.1, 0.15) is 6.29 Å². The number of aromatic nitrogens is 1. The van der Waals surface area contributed by atoms with E-state index in [0.717, 1.165) is 0 Å². The lowest BCUT2D eigenvalue weighted by molar-refractivity contribution is -0.143. The molecule has 0 saturated carbocycles. The van der Waals surface area contributed by atoms with Crippen LogP contribution >= 0.6 is 11.6 Å². The lowest BCUT2D eigenvalue weighted by atomic mass is 10.1. The van der Waals surface area contributed by atoms with E-state index in [1.807, 2.05) is 0 Å². The number of rotatable bonds is 3. The standard InChI is InChI=1S/C9H8ClNO3/c1-14-9(13)7(5-12)8-4-6(10)2-3-11-8/h2-5,7H,1H3. The summed E-state index contributed by atoms with van der Waals surface area (Å²) >= 11 is 5.69. The molecule has 0 aliphatic rings. The summed E-state index contributed by atoms with van der Waals surface area (Å²) in [7, 11) is 1.21. The Bertz CT molecular complexity index is 354. The van der Waals surface area contributed by atoms with E-state index < -0.39 is 11.9 Å². The van der Waals surface area contributed by atoms with Crippen molar-refractivity contribution in [3.63, 3.8) is 0 Å². The third-order valence-electron chi connectivity index (χ3n) is 1.65. The van der Waals surface area contributed by atoms with Gasteiger partial charge < -0.3 is 9.53 Å². The predicted molar refractivity (Wildman–Crippen MR) is 50.1 cm³/mol. The molecule has 0 fully saturated rings. The van der Waals surface area contributed by atoms with E-state index in [2.05, 4.69) is 9.72 Å². The number of halogens is 1. The van der Waals surface area contributed by atoms with Gasteiger partial charge in [0, 0.05) is 11.2 Å². The highest BCUT2D eigenvalue weighted by Gasteiger charge is 2.21. The third-order valence-corrected chi connectivity index (χ3v) is 1.89. The molecule has 4 nitrogen and oxygen atoms in total. The molecule has 0 aromatic carbocycles. The summed E-state index contributed by atoms with van der Waals surface area (Å²) in [4.78, 5) is 25.6. The van der Waals surface area contributed by atoms with Crippen LogP contribution < -0.4 is 0 Å². The second kappa shape index (κ2) is 4.72. The summed E-state index contributed by atoms with van der Waals surface area (Å²) in [5, 5.41) is 0.422. The normalized spacial score (nSPS) is 11.9. The Morgan fingerprint density at radius 2 is 2.43 bits per heavy atom. The van der Waals surface area contributed by atoms with Crippen LogP contribution in [0.2, 0.25) is 5.02 Å². The molecule has 0 amide bonds. The van der Waals surface area contributed by atoms with Gasteiger partial charge in [0.15, 0.2) is 5.92 Å². The van der Waals surface area contributed by atoms with Crippen molar-refractivity contribution in [3.05, 3.63) is 29.0 Å². The first-order valence-corrected chi connectivity index (χ1v) is 4.21. The molecule has 0 saturated heterocycles. The Morgan fingerprint density at radius 1 is 1.71 bits per heavy atom. The fourth-order valence-electron chi connectivity index (χ4n) is 0.964. The lowest BCUT2D eigenvalue weighted by Gasteiger charge is -2.06. The minimum absolute atomic E-state index is 0.291. The van der Waals surface area contributed by atoms with Crippen LogP contribution in [0.5, 0.6) is 0 Å². The zero-order valence-corrected chi connectivity index (χ0v) is 8.19. The van der Waals surface area contributed by atoms with Gasteiger partial charge in [0.25, 0.3) is 0 Å². The molecule has 0 radical (unpaired) electrons. The van der Waals surface area contributed by atoms with Gasteiger partial charge in [-0.3, -0.25) is 9.78 Å². The van der Waals surface area contributed by atoms with Gasteiger partial charge in [0.05, 0.1) is 12.8 Å². The number of nitrogens with zero attached hydrogens (tertiary/aromatic N) is 1. The molecule has 1 atom stereocenters. The fourth-order valence-corrected chi connectivity index (χ4v) is 1.13. The second-order valence-corrected chi connectivity index (χ2v) is 2.97. The molecule has 1 heterocycles. The van der Waals surface area contributed by atoms with Crippen molar-refractivity contribution in [3.8, 4) is 0 Å². The average Bonchev–Trinajstić information content (AvgIpc) is 2.19. The molecule has 0 aliphatic heterocycles. The molecule has 1 aromatic heterocycles. The van der Waals surface area contributed by atoms with Crippen molar-refractivity contribution in [2.75, 3.05) is 7.11 Å². The van der Waals surface area contributed by atoms with Gasteiger partial charge in [-0.2, -0.15) is 0 Å². The minimum Gasteiger partial charge on any atom is -0.468 e. The maximum atomic E-state index is 11.1. The van der Waals surface area contributed by atoms with Crippen LogP contribution in [0.4, 0.5) is 0 Å². The quantitative estimate of drug-likeness (QED) is 0.430. The first-order valence-electron chi connectivity index (χ1n) is 3.83. The largest absolute Gasteiger partial charge is 0.468 e. The lowest BCUT2D eigenvalue weighted by Crippen LogP contribution is -2.16. The first kappa shape index (κ1) is 10.7. The van der Waals surface area contributed by atoms with Gasteiger partial charge in [-0.15, -0.1) is 0 Å². The van der Waals surface area contributed by atoms with Crippen LogP contribution in [0.3, 0.4) is 0 Å². The summed E-state index contributed by atoms with van der Waals surface area (Å²) in [6.45, 7) is 0. The van der Waals surface area contributed by atoms with Crippen LogP contribution in [-0.2, 0) is 14.3 Å². The fraction of sp³-hybridized carbons (Fsp3) is 0.222. The number of pyridine rings is 1. The van der Waals surface area contributed by atoms with Crippen LogP contribution in [0, 0.1) is 0 Å². The average molecular weight is 214 g/mol. The molecule has 14 heavy (non-hydrogen) atoms. The minimum atomic E-state index is -1.00. The van der Waals surface area contributed by atoms with Gasteiger partial charge >= 0.3 is 5.97 Å². The Hall–Kier alpha value is -1.42. The van der Waals surface area contributed by atoms with E-state index in [4.69, 9.17) is 11.6 Å². The third kappa shape index (κ3) is 2.29. The van der Waals surface area contributed by atoms with Gasteiger partial charge in [-0.1, -0.05) is 11.6 Å². The van der Waals surface area contributed by atoms with Crippen LogP contribution in [0.25, 0.3) is 0 Å². The number of carbonyl (C=O) groups is 2. The molecular formula is C9H8ClNO3. The molecule has 1 aromatic rings. The summed E-state index contributed by atoms with van der Waals surface area (Å²) in [5.41, 5.74) is 0.291. The predicted octanol–water partition coefficient (Wildman–Crippen LogP) is 1.19. The summed E-state index contributed by atoms with van der Waals surface area (Å²) in [5.74, 6) is -1.64. The van der Waals surface area contributed by atoms with Crippen molar-refractivity contribution in [1.29, 1.82) is 0 Å². The Labute approximate surface area is 85.9 Å². The van der Waals surface area contributed by atoms with Crippen LogP contribution in [0.1, 0.15) is 11.6 Å². The highest BCUT2D eigenvalue weighted by atomic mass is 35.5. The molecule has 0 bridgehead atoms. The molecule has 0 spiro atoms. The number of carbonyl (C=O) groups excluding carboxylic acids is 2. The van der Waals surface area contributed by atoms with Gasteiger partial charge in [0.2, 0.25) is 0 Å². The smallest absolute Gasteiger partial charge is 0.322 e. The molecule has 0 aliphatic carbocycles. The van der Waals surface area contributed by atoms with Crippen molar-refractivity contribution in [2.24, 2.45) is 0 Å². The van der Waals surface area contributed by atoms with Crippen molar-refractivity contribution in [1.82, 2.24) is 4.98 Å². The molecular weight excluding hydrogens is 206 g/mol. The Balaban J connectivity index is 3.00. The van der Waals surface area contributed by atoms with Crippen molar-refractivity contribution < 1.29 is 14.3 Å². The maximum absolute atomic E-state index is 11.1. The molecule has 5 heteroatoms. The van der Waals surface area contributed by atoms with Crippen molar-refractivity contribution >= 4 is 23.9 Å².